The van der Waals surface area contributed by atoms with Crippen LogP contribution in [0.5, 0.6) is 5.75 Å². The van der Waals surface area contributed by atoms with Gasteiger partial charge in [0.15, 0.2) is 0 Å². The van der Waals surface area contributed by atoms with Crippen LogP contribution in [-0.2, 0) is 6.54 Å². The molecular weight excluding hydrogens is 174 g/mol. The summed E-state index contributed by atoms with van der Waals surface area (Å²) in [6.07, 6.45) is 5.07. The topological polar surface area (TPSA) is 35.2 Å². The van der Waals surface area contributed by atoms with E-state index in [2.05, 4.69) is 6.08 Å². The highest BCUT2D eigenvalue weighted by atomic mass is 16.5. The minimum Gasteiger partial charge on any atom is -0.493 e. The van der Waals surface area contributed by atoms with Crippen molar-refractivity contribution in [3.63, 3.8) is 0 Å². The van der Waals surface area contributed by atoms with Gasteiger partial charge >= 0.3 is 0 Å². The van der Waals surface area contributed by atoms with Gasteiger partial charge in [0.05, 0.1) is 6.61 Å². The van der Waals surface area contributed by atoms with Crippen molar-refractivity contribution < 1.29 is 4.74 Å². The van der Waals surface area contributed by atoms with Crippen molar-refractivity contribution in [1.29, 1.82) is 0 Å². The Morgan fingerprint density at radius 3 is 3.00 bits per heavy atom. The van der Waals surface area contributed by atoms with E-state index in [9.17, 15) is 0 Å². The third-order valence-corrected chi connectivity index (χ3v) is 1.92. The molecule has 1 rings (SSSR count). The van der Waals surface area contributed by atoms with Crippen molar-refractivity contribution >= 4 is 0 Å². The zero-order chi connectivity index (χ0) is 10.2. The van der Waals surface area contributed by atoms with Crippen LogP contribution in [0, 0.1) is 0 Å². The first-order valence-corrected chi connectivity index (χ1v) is 4.89. The Hall–Kier alpha value is -1.28. The van der Waals surface area contributed by atoms with Crippen molar-refractivity contribution in [2.45, 2.75) is 19.9 Å². The summed E-state index contributed by atoms with van der Waals surface area (Å²) in [5, 5.41) is 0. The van der Waals surface area contributed by atoms with Gasteiger partial charge in [-0.2, -0.15) is 0 Å². The molecule has 0 radical (unpaired) electrons. The highest BCUT2D eigenvalue weighted by Crippen LogP contribution is 2.12. The lowest BCUT2D eigenvalue weighted by atomic mass is 10.2. The van der Waals surface area contributed by atoms with E-state index in [1.54, 1.807) is 0 Å². The standard InChI is InChI=1S/C12H17NO/c1-2-3-4-8-14-12-7-5-6-11(9-12)10-13/h2-3,5-7,9H,4,8,10,13H2,1H3. The lowest BCUT2D eigenvalue weighted by Crippen LogP contribution is -1.99. The van der Waals surface area contributed by atoms with Gasteiger partial charge < -0.3 is 10.5 Å². The fourth-order valence-corrected chi connectivity index (χ4v) is 1.17. The van der Waals surface area contributed by atoms with Gasteiger partial charge in [-0.1, -0.05) is 24.3 Å². The van der Waals surface area contributed by atoms with Crippen LogP contribution in [-0.4, -0.2) is 6.61 Å². The zero-order valence-corrected chi connectivity index (χ0v) is 8.57. The number of allylic oxidation sites excluding steroid dienone is 1. The maximum Gasteiger partial charge on any atom is 0.119 e. The molecule has 0 atom stereocenters. The summed E-state index contributed by atoms with van der Waals surface area (Å²) in [4.78, 5) is 0. The second-order valence-electron chi connectivity index (χ2n) is 3.06. The van der Waals surface area contributed by atoms with E-state index in [1.165, 1.54) is 0 Å². The molecule has 2 N–H and O–H groups in total. The summed E-state index contributed by atoms with van der Waals surface area (Å²) >= 11 is 0. The fourth-order valence-electron chi connectivity index (χ4n) is 1.17. The summed E-state index contributed by atoms with van der Waals surface area (Å²) in [6.45, 7) is 3.29. The second-order valence-corrected chi connectivity index (χ2v) is 3.06. The van der Waals surface area contributed by atoms with Gasteiger partial charge in [-0.05, 0) is 31.0 Å². The third kappa shape index (κ3) is 3.62. The van der Waals surface area contributed by atoms with E-state index < -0.39 is 0 Å². The number of hydrogen-bond donors (Lipinski definition) is 1. The minimum absolute atomic E-state index is 0.562. The van der Waals surface area contributed by atoms with Crippen molar-refractivity contribution in [3.05, 3.63) is 42.0 Å². The van der Waals surface area contributed by atoms with E-state index in [0.29, 0.717) is 6.54 Å². The number of nitrogens with two attached hydrogens (primary N) is 1. The van der Waals surface area contributed by atoms with Crippen LogP contribution in [0.3, 0.4) is 0 Å². The van der Waals surface area contributed by atoms with Crippen LogP contribution in [0.15, 0.2) is 36.4 Å². The SMILES string of the molecule is CC=CCCOc1cccc(CN)c1. The smallest absolute Gasteiger partial charge is 0.119 e. The summed E-state index contributed by atoms with van der Waals surface area (Å²) in [5.74, 6) is 0.900. The molecule has 0 bridgehead atoms. The molecule has 0 heterocycles. The molecule has 76 valence electrons. The predicted molar refractivity (Wildman–Crippen MR) is 59.3 cm³/mol. The van der Waals surface area contributed by atoms with Gasteiger partial charge in [-0.15, -0.1) is 0 Å². The van der Waals surface area contributed by atoms with Crippen molar-refractivity contribution in [3.8, 4) is 5.75 Å². The van der Waals surface area contributed by atoms with Gasteiger partial charge in [0.1, 0.15) is 5.75 Å². The molecular formula is C12H17NO. The molecule has 14 heavy (non-hydrogen) atoms. The number of hydrogen-bond acceptors (Lipinski definition) is 2. The van der Waals surface area contributed by atoms with Crippen LogP contribution in [0.1, 0.15) is 18.9 Å². The molecule has 0 saturated carbocycles. The third-order valence-electron chi connectivity index (χ3n) is 1.92. The molecule has 0 aromatic heterocycles. The molecule has 0 aliphatic carbocycles. The Balaban J connectivity index is 2.42. The first kappa shape index (κ1) is 10.8. The molecule has 0 amide bonds. The minimum atomic E-state index is 0.562. The number of ether oxygens (including phenoxy) is 1. The summed E-state index contributed by atoms with van der Waals surface area (Å²) in [5.41, 5.74) is 6.63. The molecule has 0 aliphatic rings. The lowest BCUT2D eigenvalue weighted by molar-refractivity contribution is 0.324. The Labute approximate surface area is 85.4 Å². The summed E-state index contributed by atoms with van der Waals surface area (Å²) in [6, 6.07) is 7.90. The van der Waals surface area contributed by atoms with Gasteiger partial charge in [-0.3, -0.25) is 0 Å². The van der Waals surface area contributed by atoms with Crippen LogP contribution in [0.2, 0.25) is 0 Å². The highest BCUT2D eigenvalue weighted by molar-refractivity contribution is 5.28. The van der Waals surface area contributed by atoms with Gasteiger partial charge in [0.25, 0.3) is 0 Å². The van der Waals surface area contributed by atoms with E-state index in [-0.39, 0.29) is 0 Å². The van der Waals surface area contributed by atoms with Gasteiger partial charge in [0.2, 0.25) is 0 Å². The normalized spacial score (nSPS) is 10.7. The maximum atomic E-state index is 5.54. The second kappa shape index (κ2) is 6.22. The largest absolute Gasteiger partial charge is 0.493 e. The lowest BCUT2D eigenvalue weighted by Gasteiger charge is -2.05. The van der Waals surface area contributed by atoms with Crippen molar-refractivity contribution in [1.82, 2.24) is 0 Å². The average Bonchev–Trinajstić information content (AvgIpc) is 2.25. The molecule has 1 aromatic carbocycles. The van der Waals surface area contributed by atoms with E-state index in [0.717, 1.165) is 24.3 Å². The Morgan fingerprint density at radius 1 is 1.43 bits per heavy atom. The van der Waals surface area contributed by atoms with Gasteiger partial charge in [0, 0.05) is 6.54 Å². The molecule has 0 unspecified atom stereocenters. The van der Waals surface area contributed by atoms with Crippen LogP contribution in [0.4, 0.5) is 0 Å². The first-order chi connectivity index (χ1) is 6.86. The average molecular weight is 191 g/mol. The molecule has 1 aromatic rings. The molecule has 0 spiro atoms. The molecule has 2 heteroatoms. The number of rotatable bonds is 5. The fraction of sp³-hybridized carbons (Fsp3) is 0.333. The van der Waals surface area contributed by atoms with Crippen molar-refractivity contribution in [2.24, 2.45) is 5.73 Å². The zero-order valence-electron chi connectivity index (χ0n) is 8.57. The van der Waals surface area contributed by atoms with Gasteiger partial charge in [-0.25, -0.2) is 0 Å². The van der Waals surface area contributed by atoms with E-state index in [1.807, 2.05) is 37.3 Å². The van der Waals surface area contributed by atoms with Crippen LogP contribution < -0.4 is 10.5 Å². The van der Waals surface area contributed by atoms with Crippen LogP contribution >= 0.6 is 0 Å². The maximum absolute atomic E-state index is 5.54. The molecule has 0 saturated heterocycles. The summed E-state index contributed by atoms with van der Waals surface area (Å²) in [7, 11) is 0. The predicted octanol–water partition coefficient (Wildman–Crippen LogP) is 2.49. The highest BCUT2D eigenvalue weighted by Gasteiger charge is 1.93. The first-order valence-electron chi connectivity index (χ1n) is 4.89. The van der Waals surface area contributed by atoms with Crippen molar-refractivity contribution in [2.75, 3.05) is 6.61 Å². The van der Waals surface area contributed by atoms with E-state index in [4.69, 9.17) is 10.5 Å². The van der Waals surface area contributed by atoms with Crippen LogP contribution in [0.25, 0.3) is 0 Å². The molecule has 2 nitrogen and oxygen atoms in total. The monoisotopic (exact) mass is 191 g/mol. The molecule has 0 aliphatic heterocycles. The molecule has 0 fully saturated rings. The Morgan fingerprint density at radius 2 is 2.29 bits per heavy atom. The quantitative estimate of drug-likeness (QED) is 0.573. The summed E-state index contributed by atoms with van der Waals surface area (Å²) < 4.78 is 5.54. The Kier molecular flexibility index (Phi) is 4.79. The number of benzene rings is 1. The Bertz CT molecular complexity index is 294. The van der Waals surface area contributed by atoms with E-state index >= 15 is 0 Å².